The number of amides is 2. The third-order valence-electron chi connectivity index (χ3n) is 8.67. The Balaban J connectivity index is 0.000000210. The number of esters is 2. The number of imide groups is 1. The SMILES string of the molecule is CCCCCOC(=O)COc1cc(N2C(=O)C3=C(CCCC3)C2=O)c(F)cc1Cl.COC(=O)CSc1cc(/N=c2\sc(=O)n3n2CCCC3)c(F)cc1Cl. The second kappa shape index (κ2) is 19.0. The largest absolute Gasteiger partial charge is 0.480 e. The van der Waals surface area contributed by atoms with E-state index in [1.54, 1.807) is 9.36 Å². The van der Waals surface area contributed by atoms with E-state index >= 15 is 0 Å². The molecule has 290 valence electrons. The molecule has 54 heavy (non-hydrogen) atoms. The summed E-state index contributed by atoms with van der Waals surface area (Å²) in [5.74, 6) is -3.33. The summed E-state index contributed by atoms with van der Waals surface area (Å²) < 4.78 is 47.2. The zero-order valence-corrected chi connectivity index (χ0v) is 32.7. The smallest absolute Gasteiger partial charge is 0.344 e. The van der Waals surface area contributed by atoms with Crippen LogP contribution < -0.4 is 19.3 Å². The maximum atomic E-state index is 14.5. The van der Waals surface area contributed by atoms with E-state index in [-0.39, 0.29) is 37.8 Å². The van der Waals surface area contributed by atoms with Crippen molar-refractivity contribution in [2.24, 2.45) is 4.99 Å². The van der Waals surface area contributed by atoms with E-state index in [1.165, 1.54) is 19.2 Å². The van der Waals surface area contributed by atoms with Crippen LogP contribution in [0.25, 0.3) is 0 Å². The van der Waals surface area contributed by atoms with Crippen LogP contribution in [0.15, 0.2) is 50.1 Å². The van der Waals surface area contributed by atoms with Crippen molar-refractivity contribution >= 4 is 81.4 Å². The van der Waals surface area contributed by atoms with E-state index in [0.29, 0.717) is 53.4 Å². The van der Waals surface area contributed by atoms with Gasteiger partial charge in [-0.25, -0.2) is 28.1 Å². The number of aromatic nitrogens is 2. The fourth-order valence-corrected chi connectivity index (χ4v) is 8.10. The van der Waals surface area contributed by atoms with Crippen LogP contribution in [-0.2, 0) is 41.7 Å². The Labute approximate surface area is 327 Å². The molecule has 0 radical (unpaired) electrons. The van der Waals surface area contributed by atoms with Gasteiger partial charge in [-0.05, 0) is 74.5 Å². The molecule has 0 atom stereocenters. The van der Waals surface area contributed by atoms with E-state index in [9.17, 15) is 32.8 Å². The van der Waals surface area contributed by atoms with Crippen LogP contribution in [0.3, 0.4) is 0 Å². The van der Waals surface area contributed by atoms with E-state index in [2.05, 4.69) is 9.73 Å². The number of anilines is 1. The first-order chi connectivity index (χ1) is 25.9. The summed E-state index contributed by atoms with van der Waals surface area (Å²) in [6.07, 6.45) is 7.29. The van der Waals surface area contributed by atoms with Crippen molar-refractivity contribution in [2.45, 2.75) is 82.7 Å². The van der Waals surface area contributed by atoms with Gasteiger partial charge in [0.15, 0.2) is 6.61 Å². The summed E-state index contributed by atoms with van der Waals surface area (Å²) in [6.45, 7) is 3.26. The fourth-order valence-electron chi connectivity index (χ4n) is 5.91. The molecule has 0 spiro atoms. The van der Waals surface area contributed by atoms with Gasteiger partial charge >= 0.3 is 16.8 Å². The van der Waals surface area contributed by atoms with E-state index in [1.807, 2.05) is 6.92 Å². The number of hydrogen-bond acceptors (Lipinski definition) is 11. The summed E-state index contributed by atoms with van der Waals surface area (Å²) in [7, 11) is 1.30. The molecule has 1 aliphatic carbocycles. The van der Waals surface area contributed by atoms with Gasteiger partial charge < -0.3 is 14.2 Å². The Kier molecular flexibility index (Phi) is 14.5. The minimum absolute atomic E-state index is 0.000883. The predicted molar refractivity (Wildman–Crippen MR) is 201 cm³/mol. The van der Waals surface area contributed by atoms with Crippen molar-refractivity contribution in [1.29, 1.82) is 0 Å². The molecule has 3 heterocycles. The standard InChI is InChI=1S/C21H23ClFNO5.C15H15ClFN3O3S2/c1-2-3-6-9-28-19(25)12-29-18-11-17(16(23)10-15(18)22)24-20(26)13-7-4-5-8-14(13)21(24)27;1-23-13(21)8-24-12-7-11(10(17)6-9(12)16)18-14-19-4-2-3-5-20(19)15(22)25-14/h10-11H,2-9,12H2,1H3;6-7H,2-5,8H2,1H3/b;18-14-. The van der Waals surface area contributed by atoms with Crippen LogP contribution in [0.5, 0.6) is 5.75 Å². The second-order valence-corrected chi connectivity index (χ2v) is 15.1. The molecule has 1 aromatic heterocycles. The highest BCUT2D eigenvalue weighted by atomic mass is 35.5. The molecule has 0 saturated carbocycles. The highest BCUT2D eigenvalue weighted by molar-refractivity contribution is 8.00. The van der Waals surface area contributed by atoms with Crippen molar-refractivity contribution in [1.82, 2.24) is 9.36 Å². The molecular formula is C36H38Cl2F2N4O8S2. The Morgan fingerprint density at radius 3 is 2.22 bits per heavy atom. The quantitative estimate of drug-likeness (QED) is 0.0808. The molecule has 0 saturated heterocycles. The highest BCUT2D eigenvalue weighted by Gasteiger charge is 2.41. The number of fused-ring (bicyclic) bond motifs is 1. The zero-order valence-electron chi connectivity index (χ0n) is 29.6. The van der Waals surface area contributed by atoms with Gasteiger partial charge in [0.05, 0.1) is 35.2 Å². The van der Waals surface area contributed by atoms with Gasteiger partial charge in [0.25, 0.3) is 11.8 Å². The van der Waals surface area contributed by atoms with Crippen molar-refractivity contribution in [3.05, 3.63) is 71.6 Å². The first kappa shape index (κ1) is 41.2. The van der Waals surface area contributed by atoms with Gasteiger partial charge in [0, 0.05) is 35.2 Å². The lowest BCUT2D eigenvalue weighted by Gasteiger charge is -2.18. The number of methoxy groups -OCH3 is 1. The maximum absolute atomic E-state index is 14.5. The van der Waals surface area contributed by atoms with E-state index in [4.69, 9.17) is 32.7 Å². The average Bonchev–Trinajstić information content (AvgIpc) is 3.61. The maximum Gasteiger partial charge on any atom is 0.344 e. The normalized spacial score (nSPS) is 15.4. The zero-order chi connectivity index (χ0) is 38.9. The van der Waals surface area contributed by atoms with Crippen LogP contribution >= 0.6 is 46.3 Å². The summed E-state index contributed by atoms with van der Waals surface area (Å²) in [5, 5.41) is 0.131. The number of thioether (sulfide) groups is 1. The molecular weight excluding hydrogens is 789 g/mol. The topological polar surface area (TPSA) is 139 Å². The Morgan fingerprint density at radius 1 is 0.889 bits per heavy atom. The number of rotatable bonds is 12. The number of carbonyl (C=O) groups excluding carboxylic acids is 4. The minimum atomic E-state index is -0.814. The van der Waals surface area contributed by atoms with Crippen molar-refractivity contribution < 1.29 is 42.2 Å². The molecule has 0 unspecified atom stereocenters. The molecule has 18 heteroatoms. The van der Waals surface area contributed by atoms with Crippen molar-refractivity contribution in [3.8, 4) is 5.75 Å². The molecule has 2 aliphatic heterocycles. The molecule has 3 aromatic rings. The number of unbranched alkanes of at least 4 members (excludes halogenated alkanes) is 2. The van der Waals surface area contributed by atoms with Gasteiger partial charge in [-0.15, -0.1) is 11.8 Å². The number of ether oxygens (including phenoxy) is 3. The third kappa shape index (κ3) is 9.81. The first-order valence-corrected chi connectivity index (χ1v) is 19.9. The molecule has 0 bridgehead atoms. The lowest BCUT2D eigenvalue weighted by molar-refractivity contribution is -0.146. The predicted octanol–water partition coefficient (Wildman–Crippen LogP) is 7.13. The van der Waals surface area contributed by atoms with Gasteiger partial charge in [-0.1, -0.05) is 43.0 Å². The molecule has 12 nitrogen and oxygen atoms in total. The summed E-state index contributed by atoms with van der Waals surface area (Å²) in [5.41, 5.74) is 0.757. The molecule has 6 rings (SSSR count). The fraction of sp³-hybridized carbons (Fsp3) is 0.444. The molecule has 2 amide bonds. The lowest BCUT2D eigenvalue weighted by atomic mass is 9.93. The monoisotopic (exact) mass is 826 g/mol. The van der Waals surface area contributed by atoms with Gasteiger partial charge in [-0.2, -0.15) is 0 Å². The highest BCUT2D eigenvalue weighted by Crippen LogP contribution is 2.39. The summed E-state index contributed by atoms with van der Waals surface area (Å²) >= 11 is 14.2. The lowest BCUT2D eigenvalue weighted by Crippen LogP contribution is -2.32. The van der Waals surface area contributed by atoms with Crippen LogP contribution in [0.4, 0.5) is 20.2 Å². The van der Waals surface area contributed by atoms with Gasteiger partial charge in [0.2, 0.25) is 4.80 Å². The summed E-state index contributed by atoms with van der Waals surface area (Å²) in [6, 6.07) is 4.79. The second-order valence-electron chi connectivity index (χ2n) is 12.4. The minimum Gasteiger partial charge on any atom is -0.480 e. The van der Waals surface area contributed by atoms with Crippen LogP contribution in [-0.4, -0.2) is 59.2 Å². The number of benzene rings is 2. The number of carbonyl (C=O) groups is 4. The van der Waals surface area contributed by atoms with Crippen molar-refractivity contribution in [2.75, 3.05) is 31.0 Å². The van der Waals surface area contributed by atoms with E-state index < -0.39 is 42.0 Å². The van der Waals surface area contributed by atoms with Crippen LogP contribution in [0, 0.1) is 11.6 Å². The number of halogens is 4. The van der Waals surface area contributed by atoms with Crippen LogP contribution in [0.1, 0.15) is 64.7 Å². The molecule has 0 fully saturated rings. The number of nitrogens with zero attached hydrogens (tertiary/aromatic N) is 4. The molecule has 0 N–H and O–H groups in total. The Bertz CT molecular complexity index is 2070. The first-order valence-electron chi connectivity index (χ1n) is 17.4. The van der Waals surface area contributed by atoms with E-state index in [0.717, 1.165) is 85.1 Å². The van der Waals surface area contributed by atoms with Gasteiger partial charge in [-0.3, -0.25) is 23.9 Å². The van der Waals surface area contributed by atoms with Crippen LogP contribution in [0.2, 0.25) is 10.0 Å². The Hall–Kier alpha value is -3.99. The van der Waals surface area contributed by atoms with Crippen molar-refractivity contribution in [3.63, 3.8) is 0 Å². The molecule has 3 aliphatic rings. The third-order valence-corrected chi connectivity index (χ3v) is 11.3. The van der Waals surface area contributed by atoms with Gasteiger partial charge in [0.1, 0.15) is 23.1 Å². The summed E-state index contributed by atoms with van der Waals surface area (Å²) in [4.78, 5) is 66.5. The molecule has 2 aromatic carbocycles. The average molecular weight is 828 g/mol. The number of hydrogen-bond donors (Lipinski definition) is 0. The Morgan fingerprint density at radius 2 is 1.56 bits per heavy atom.